The van der Waals surface area contributed by atoms with Crippen LogP contribution in [0.2, 0.25) is 0 Å². The fourth-order valence-electron chi connectivity index (χ4n) is 1.49. The zero-order chi connectivity index (χ0) is 15.3. The monoisotopic (exact) mass is 355 g/mol. The predicted molar refractivity (Wildman–Crippen MR) is 70.0 cm³/mol. The van der Waals surface area contributed by atoms with Gasteiger partial charge in [0.1, 0.15) is 16.0 Å². The summed E-state index contributed by atoms with van der Waals surface area (Å²) in [5.74, 6) is -0.948. The van der Waals surface area contributed by atoms with Crippen molar-refractivity contribution in [1.82, 2.24) is 5.32 Å². The van der Waals surface area contributed by atoms with E-state index in [-0.39, 0.29) is 13.0 Å². The van der Waals surface area contributed by atoms with Crippen molar-refractivity contribution in [2.24, 2.45) is 0 Å². The van der Waals surface area contributed by atoms with Crippen LogP contribution in [0, 0.1) is 0 Å². The zero-order valence-corrected chi connectivity index (χ0v) is 12.4. The summed E-state index contributed by atoms with van der Waals surface area (Å²) in [7, 11) is 2.93. The highest BCUT2D eigenvalue weighted by Crippen LogP contribution is 2.35. The normalized spacial score (nSPS) is 11.1. The number of alkyl halides is 3. The lowest BCUT2D eigenvalue weighted by atomic mass is 10.1. The van der Waals surface area contributed by atoms with Crippen LogP contribution in [0.25, 0.3) is 0 Å². The highest BCUT2D eigenvalue weighted by molar-refractivity contribution is 9.10. The number of hydrogen-bond donors (Lipinski definition) is 1. The molecule has 4 nitrogen and oxygen atoms in total. The van der Waals surface area contributed by atoms with Crippen LogP contribution in [0.5, 0.6) is 11.5 Å². The van der Waals surface area contributed by atoms with Crippen LogP contribution in [0.4, 0.5) is 13.2 Å². The summed E-state index contributed by atoms with van der Waals surface area (Å²) in [4.78, 5) is 10.7. The van der Waals surface area contributed by atoms with Crippen LogP contribution >= 0.6 is 15.9 Å². The fourth-order valence-corrected chi connectivity index (χ4v) is 2.04. The molecule has 0 radical (unpaired) electrons. The van der Waals surface area contributed by atoms with Crippen molar-refractivity contribution < 1.29 is 27.4 Å². The SMILES string of the molecule is COc1cc(CCNC(=O)C(F)(F)F)cc(OC)c1Br. The maximum atomic E-state index is 12.0. The van der Waals surface area contributed by atoms with Gasteiger partial charge in [0.25, 0.3) is 0 Å². The molecule has 20 heavy (non-hydrogen) atoms. The molecule has 0 aliphatic carbocycles. The third-order valence-corrected chi connectivity index (χ3v) is 3.24. The second-order valence-electron chi connectivity index (χ2n) is 3.82. The Labute approximate surface area is 122 Å². The molecule has 8 heteroatoms. The number of nitrogens with one attached hydrogen (secondary N) is 1. The number of amides is 1. The number of rotatable bonds is 5. The lowest BCUT2D eigenvalue weighted by Crippen LogP contribution is -2.37. The van der Waals surface area contributed by atoms with E-state index in [2.05, 4.69) is 15.9 Å². The van der Waals surface area contributed by atoms with Gasteiger partial charge >= 0.3 is 12.1 Å². The summed E-state index contributed by atoms with van der Waals surface area (Å²) in [6, 6.07) is 3.32. The molecule has 0 fully saturated rings. The van der Waals surface area contributed by atoms with Gasteiger partial charge < -0.3 is 14.8 Å². The smallest absolute Gasteiger partial charge is 0.471 e. The molecule has 1 aromatic carbocycles. The molecule has 0 spiro atoms. The molecule has 112 valence electrons. The van der Waals surface area contributed by atoms with E-state index in [1.807, 2.05) is 0 Å². The average molecular weight is 356 g/mol. The first-order valence-electron chi connectivity index (χ1n) is 5.55. The second-order valence-corrected chi connectivity index (χ2v) is 4.61. The van der Waals surface area contributed by atoms with Crippen molar-refractivity contribution in [3.63, 3.8) is 0 Å². The number of carbonyl (C=O) groups is 1. The van der Waals surface area contributed by atoms with Gasteiger partial charge in [0, 0.05) is 6.54 Å². The molecule has 1 amide bonds. The molecular formula is C12H13BrF3NO3. The van der Waals surface area contributed by atoms with Crippen LogP contribution in [0.1, 0.15) is 5.56 Å². The van der Waals surface area contributed by atoms with Crippen molar-refractivity contribution in [1.29, 1.82) is 0 Å². The lowest BCUT2D eigenvalue weighted by molar-refractivity contribution is -0.173. The third-order valence-electron chi connectivity index (χ3n) is 2.46. The van der Waals surface area contributed by atoms with Crippen molar-refractivity contribution in [3.05, 3.63) is 22.2 Å². The third kappa shape index (κ3) is 4.29. The molecule has 0 aromatic heterocycles. The Morgan fingerprint density at radius 3 is 2.15 bits per heavy atom. The van der Waals surface area contributed by atoms with Crippen molar-refractivity contribution >= 4 is 21.8 Å². The molecular weight excluding hydrogens is 343 g/mol. The minimum atomic E-state index is -4.87. The van der Waals surface area contributed by atoms with Crippen LogP contribution in [-0.4, -0.2) is 32.8 Å². The first-order chi connectivity index (χ1) is 9.29. The number of halogens is 4. The van der Waals surface area contributed by atoms with Gasteiger partial charge in [0.15, 0.2) is 0 Å². The number of benzene rings is 1. The van der Waals surface area contributed by atoms with E-state index in [4.69, 9.17) is 9.47 Å². The van der Waals surface area contributed by atoms with Crippen LogP contribution < -0.4 is 14.8 Å². The maximum Gasteiger partial charge on any atom is 0.471 e. The van der Waals surface area contributed by atoms with E-state index >= 15 is 0 Å². The summed E-state index contributed by atoms with van der Waals surface area (Å²) in [5, 5.41) is 1.80. The summed E-state index contributed by atoms with van der Waals surface area (Å²) in [6.07, 6.45) is -4.64. The lowest BCUT2D eigenvalue weighted by Gasteiger charge is -2.12. The zero-order valence-electron chi connectivity index (χ0n) is 10.8. The first kappa shape index (κ1) is 16.6. The van der Waals surface area contributed by atoms with Gasteiger partial charge in [0.05, 0.1) is 14.2 Å². The Balaban J connectivity index is 2.72. The van der Waals surface area contributed by atoms with Gasteiger partial charge in [-0.1, -0.05) is 0 Å². The van der Waals surface area contributed by atoms with Gasteiger partial charge in [-0.05, 0) is 40.0 Å². The number of ether oxygens (including phenoxy) is 2. The van der Waals surface area contributed by atoms with Gasteiger partial charge in [-0.25, -0.2) is 0 Å². The minimum absolute atomic E-state index is 0.133. The molecule has 0 saturated heterocycles. The first-order valence-corrected chi connectivity index (χ1v) is 6.34. The van der Waals surface area contributed by atoms with E-state index in [9.17, 15) is 18.0 Å². The Morgan fingerprint density at radius 2 is 1.75 bits per heavy atom. The summed E-state index contributed by atoms with van der Waals surface area (Å²) < 4.78 is 46.9. The molecule has 1 aromatic rings. The van der Waals surface area contributed by atoms with Gasteiger partial charge in [0.2, 0.25) is 0 Å². The standard InChI is InChI=1S/C12H13BrF3NO3/c1-19-8-5-7(6-9(20-2)10(8)13)3-4-17-11(18)12(14,15)16/h5-6H,3-4H2,1-2H3,(H,17,18). The van der Waals surface area contributed by atoms with E-state index in [0.717, 1.165) is 0 Å². The van der Waals surface area contributed by atoms with E-state index in [1.54, 1.807) is 17.4 Å². The highest BCUT2D eigenvalue weighted by Gasteiger charge is 2.38. The highest BCUT2D eigenvalue weighted by atomic mass is 79.9. The number of methoxy groups -OCH3 is 2. The summed E-state index contributed by atoms with van der Waals surface area (Å²) >= 11 is 3.28. The molecule has 0 bridgehead atoms. The predicted octanol–water partition coefficient (Wildman–Crippen LogP) is 2.69. The van der Waals surface area contributed by atoms with E-state index in [0.29, 0.717) is 21.5 Å². The fraction of sp³-hybridized carbons (Fsp3) is 0.417. The number of hydrogen-bond acceptors (Lipinski definition) is 3. The minimum Gasteiger partial charge on any atom is -0.495 e. The topological polar surface area (TPSA) is 47.6 Å². The Morgan fingerprint density at radius 1 is 1.25 bits per heavy atom. The quantitative estimate of drug-likeness (QED) is 0.883. The van der Waals surface area contributed by atoms with Crippen LogP contribution in [0.3, 0.4) is 0 Å². The number of carbonyl (C=O) groups excluding carboxylic acids is 1. The Hall–Kier alpha value is -1.44. The van der Waals surface area contributed by atoms with Crippen LogP contribution in [-0.2, 0) is 11.2 Å². The van der Waals surface area contributed by atoms with E-state index in [1.165, 1.54) is 14.2 Å². The van der Waals surface area contributed by atoms with Crippen LogP contribution in [0.15, 0.2) is 16.6 Å². The molecule has 0 aliphatic heterocycles. The molecule has 0 unspecified atom stereocenters. The van der Waals surface area contributed by atoms with Gasteiger partial charge in [-0.2, -0.15) is 13.2 Å². The summed E-state index contributed by atoms with van der Waals surface area (Å²) in [6.45, 7) is -0.133. The molecule has 0 heterocycles. The largest absolute Gasteiger partial charge is 0.495 e. The molecule has 1 N–H and O–H groups in total. The van der Waals surface area contributed by atoms with E-state index < -0.39 is 12.1 Å². The molecule has 1 rings (SSSR count). The molecule has 0 atom stereocenters. The molecule has 0 saturated carbocycles. The summed E-state index contributed by atoms with van der Waals surface area (Å²) in [5.41, 5.74) is 0.685. The molecule has 0 aliphatic rings. The average Bonchev–Trinajstić information content (AvgIpc) is 2.38. The van der Waals surface area contributed by atoms with Gasteiger partial charge in [-0.3, -0.25) is 4.79 Å². The Bertz CT molecular complexity index is 466. The van der Waals surface area contributed by atoms with Crippen molar-refractivity contribution in [2.75, 3.05) is 20.8 Å². The Kier molecular flexibility index (Phi) is 5.67. The second kappa shape index (κ2) is 6.83. The maximum absolute atomic E-state index is 12.0. The van der Waals surface area contributed by atoms with Crippen molar-refractivity contribution in [2.45, 2.75) is 12.6 Å². The van der Waals surface area contributed by atoms with Crippen molar-refractivity contribution in [3.8, 4) is 11.5 Å². The van der Waals surface area contributed by atoms with Gasteiger partial charge in [-0.15, -0.1) is 0 Å².